The van der Waals surface area contributed by atoms with E-state index in [1.54, 1.807) is 0 Å². The Labute approximate surface area is 103 Å². The fourth-order valence-electron chi connectivity index (χ4n) is 1.68. The van der Waals surface area contributed by atoms with Crippen LogP contribution in [0.25, 0.3) is 0 Å². The molecule has 0 aliphatic carbocycles. The summed E-state index contributed by atoms with van der Waals surface area (Å²) < 4.78 is 0. The van der Waals surface area contributed by atoms with E-state index >= 15 is 0 Å². The topological polar surface area (TPSA) is 66.4 Å². The van der Waals surface area contributed by atoms with Crippen LogP contribution in [0.3, 0.4) is 0 Å². The first-order chi connectivity index (χ1) is 8.08. The Morgan fingerprint density at radius 1 is 1.41 bits per heavy atom. The molecule has 4 nitrogen and oxygen atoms in total. The van der Waals surface area contributed by atoms with E-state index in [0.717, 1.165) is 11.1 Å². The van der Waals surface area contributed by atoms with Gasteiger partial charge in [0.05, 0.1) is 0 Å². The third-order valence-electron chi connectivity index (χ3n) is 2.66. The lowest BCUT2D eigenvalue weighted by Crippen LogP contribution is -2.47. The molecule has 1 aliphatic heterocycles. The minimum absolute atomic E-state index is 0.225. The quantitative estimate of drug-likeness (QED) is 0.832. The Balaban J connectivity index is 2.12. The maximum atomic E-state index is 11.8. The first kappa shape index (κ1) is 12.0. The molecule has 1 aliphatic rings. The Morgan fingerprint density at radius 3 is 2.59 bits per heavy atom. The van der Waals surface area contributed by atoms with E-state index in [4.69, 9.17) is 5.11 Å². The van der Waals surface area contributed by atoms with E-state index in [1.165, 1.54) is 11.8 Å². The van der Waals surface area contributed by atoms with Gasteiger partial charge in [-0.25, -0.2) is 4.79 Å². The molecule has 2 unspecified atom stereocenters. The van der Waals surface area contributed by atoms with Crippen molar-refractivity contribution in [1.29, 1.82) is 0 Å². The van der Waals surface area contributed by atoms with Gasteiger partial charge in [0.2, 0.25) is 5.91 Å². The number of hydrogen-bond donors (Lipinski definition) is 2. The summed E-state index contributed by atoms with van der Waals surface area (Å²) in [4.78, 5) is 22.6. The number of carboxylic acid groups (broad SMARTS) is 1. The number of hydrogen-bond acceptors (Lipinski definition) is 3. The molecule has 0 radical (unpaired) electrons. The number of rotatable bonds is 2. The Kier molecular flexibility index (Phi) is 3.38. The van der Waals surface area contributed by atoms with Crippen LogP contribution in [0.2, 0.25) is 0 Å². The molecule has 2 atom stereocenters. The van der Waals surface area contributed by atoms with Crippen LogP contribution in [0.1, 0.15) is 16.4 Å². The Morgan fingerprint density at radius 2 is 2.06 bits per heavy atom. The van der Waals surface area contributed by atoms with Gasteiger partial charge in [0, 0.05) is 5.75 Å². The van der Waals surface area contributed by atoms with Crippen molar-refractivity contribution in [3.8, 4) is 0 Å². The molecule has 1 amide bonds. The summed E-state index contributed by atoms with van der Waals surface area (Å²) in [5.41, 5.74) is 2.06. The molecular weight excluding hydrogens is 238 g/mol. The zero-order valence-electron chi connectivity index (χ0n) is 9.34. The number of carbonyl (C=O) groups excluding carboxylic acids is 1. The molecule has 2 rings (SSSR count). The molecule has 0 aromatic heterocycles. The number of thioether (sulfide) groups is 1. The highest BCUT2D eigenvalue weighted by molar-refractivity contribution is 8.00. The van der Waals surface area contributed by atoms with Gasteiger partial charge in [-0.1, -0.05) is 29.8 Å². The number of carboxylic acids is 1. The first-order valence-corrected chi connectivity index (χ1v) is 6.34. The monoisotopic (exact) mass is 251 g/mol. The Hall–Kier alpha value is -1.49. The van der Waals surface area contributed by atoms with Crippen LogP contribution in [0.15, 0.2) is 24.3 Å². The predicted octanol–water partition coefficient (Wildman–Crippen LogP) is 1.35. The van der Waals surface area contributed by atoms with Crippen LogP contribution in [0, 0.1) is 6.92 Å². The lowest BCUT2D eigenvalue weighted by Gasteiger charge is -2.26. The van der Waals surface area contributed by atoms with Gasteiger partial charge in [-0.3, -0.25) is 4.79 Å². The van der Waals surface area contributed by atoms with Crippen LogP contribution >= 0.6 is 11.8 Å². The Bertz CT molecular complexity index is 444. The summed E-state index contributed by atoms with van der Waals surface area (Å²) in [7, 11) is 0. The van der Waals surface area contributed by atoms with Gasteiger partial charge >= 0.3 is 5.97 Å². The largest absolute Gasteiger partial charge is 0.480 e. The molecule has 2 N–H and O–H groups in total. The van der Waals surface area contributed by atoms with Crippen molar-refractivity contribution in [2.24, 2.45) is 0 Å². The van der Waals surface area contributed by atoms with Crippen molar-refractivity contribution < 1.29 is 14.7 Å². The highest BCUT2D eigenvalue weighted by Crippen LogP contribution is 2.32. The third kappa shape index (κ3) is 2.61. The van der Waals surface area contributed by atoms with Gasteiger partial charge in [-0.2, -0.15) is 0 Å². The molecule has 0 spiro atoms. The molecule has 1 aromatic rings. The van der Waals surface area contributed by atoms with E-state index in [2.05, 4.69) is 5.32 Å². The molecule has 1 saturated heterocycles. The molecule has 1 heterocycles. The average Bonchev–Trinajstić information content (AvgIpc) is 2.30. The molecular formula is C12H13NO3S. The molecule has 90 valence electrons. The number of amides is 1. The molecule has 1 aromatic carbocycles. The van der Waals surface area contributed by atoms with E-state index in [9.17, 15) is 9.59 Å². The van der Waals surface area contributed by atoms with Gasteiger partial charge in [0.1, 0.15) is 11.3 Å². The van der Waals surface area contributed by atoms with Crippen LogP contribution in [-0.4, -0.2) is 28.8 Å². The van der Waals surface area contributed by atoms with E-state index in [0.29, 0.717) is 5.75 Å². The molecule has 1 fully saturated rings. The predicted molar refractivity (Wildman–Crippen MR) is 65.9 cm³/mol. The minimum Gasteiger partial charge on any atom is -0.480 e. The number of aryl methyl sites for hydroxylation is 1. The van der Waals surface area contributed by atoms with E-state index < -0.39 is 12.0 Å². The summed E-state index contributed by atoms with van der Waals surface area (Å²) in [5, 5.41) is 11.0. The van der Waals surface area contributed by atoms with Gasteiger partial charge in [-0.15, -0.1) is 11.8 Å². The van der Waals surface area contributed by atoms with Crippen LogP contribution in [-0.2, 0) is 9.59 Å². The van der Waals surface area contributed by atoms with Crippen LogP contribution in [0.5, 0.6) is 0 Å². The van der Waals surface area contributed by atoms with E-state index in [1.807, 2.05) is 31.2 Å². The van der Waals surface area contributed by atoms with Crippen molar-refractivity contribution in [3.05, 3.63) is 35.4 Å². The maximum absolute atomic E-state index is 11.8. The summed E-state index contributed by atoms with van der Waals surface area (Å²) in [6.07, 6.45) is 0. The van der Waals surface area contributed by atoms with Gasteiger partial charge < -0.3 is 10.4 Å². The second-order valence-electron chi connectivity index (χ2n) is 4.02. The zero-order chi connectivity index (χ0) is 12.4. The first-order valence-electron chi connectivity index (χ1n) is 5.29. The van der Waals surface area contributed by atoms with E-state index in [-0.39, 0.29) is 11.2 Å². The van der Waals surface area contributed by atoms with Crippen LogP contribution < -0.4 is 5.32 Å². The van der Waals surface area contributed by atoms with Gasteiger partial charge in [0.25, 0.3) is 0 Å². The summed E-state index contributed by atoms with van der Waals surface area (Å²) in [6, 6.07) is 6.95. The SMILES string of the molecule is Cc1ccc(C2SCC(C(=O)O)NC2=O)cc1. The molecule has 5 heteroatoms. The summed E-state index contributed by atoms with van der Waals surface area (Å²) in [5.74, 6) is -0.801. The zero-order valence-corrected chi connectivity index (χ0v) is 10.2. The number of nitrogens with one attached hydrogen (secondary N) is 1. The number of aliphatic carboxylic acids is 1. The fourth-order valence-corrected chi connectivity index (χ4v) is 2.86. The number of carbonyl (C=O) groups is 2. The lowest BCUT2D eigenvalue weighted by atomic mass is 10.1. The minimum atomic E-state index is -0.979. The van der Waals surface area contributed by atoms with Gasteiger partial charge in [-0.05, 0) is 12.5 Å². The standard InChI is InChI=1S/C12H13NO3S/c1-7-2-4-8(5-3-7)10-11(14)13-9(6-17-10)12(15)16/h2-5,9-10H,6H2,1H3,(H,13,14)(H,15,16). The molecule has 0 saturated carbocycles. The van der Waals surface area contributed by atoms with Crippen molar-refractivity contribution in [3.63, 3.8) is 0 Å². The highest BCUT2D eigenvalue weighted by atomic mass is 32.2. The fraction of sp³-hybridized carbons (Fsp3) is 0.333. The smallest absolute Gasteiger partial charge is 0.327 e. The van der Waals surface area contributed by atoms with Crippen LogP contribution in [0.4, 0.5) is 0 Å². The third-order valence-corrected chi connectivity index (χ3v) is 4.01. The second kappa shape index (κ2) is 4.79. The van der Waals surface area contributed by atoms with Crippen molar-refractivity contribution in [2.45, 2.75) is 18.2 Å². The van der Waals surface area contributed by atoms with Gasteiger partial charge in [0.15, 0.2) is 0 Å². The molecule has 17 heavy (non-hydrogen) atoms. The summed E-state index contributed by atoms with van der Waals surface area (Å²) in [6.45, 7) is 1.98. The summed E-state index contributed by atoms with van der Waals surface area (Å²) >= 11 is 1.37. The maximum Gasteiger partial charge on any atom is 0.327 e. The number of benzene rings is 1. The van der Waals surface area contributed by atoms with Crippen molar-refractivity contribution >= 4 is 23.6 Å². The molecule has 0 bridgehead atoms. The van der Waals surface area contributed by atoms with Crippen molar-refractivity contribution in [2.75, 3.05) is 5.75 Å². The second-order valence-corrected chi connectivity index (χ2v) is 5.16. The van der Waals surface area contributed by atoms with Crippen molar-refractivity contribution in [1.82, 2.24) is 5.32 Å². The normalized spacial score (nSPS) is 24.2. The lowest BCUT2D eigenvalue weighted by molar-refractivity contribution is -0.141. The highest BCUT2D eigenvalue weighted by Gasteiger charge is 2.32. The average molecular weight is 251 g/mol.